The smallest absolute Gasteiger partial charge is 0 e. The van der Waals surface area contributed by atoms with Crippen LogP contribution in [0, 0.1) is 178 Å². The van der Waals surface area contributed by atoms with Gasteiger partial charge in [0.1, 0.15) is 0 Å². The van der Waals surface area contributed by atoms with Crippen molar-refractivity contribution in [2.75, 3.05) is 0 Å². The molecule has 0 aromatic rings. The largest absolute Gasteiger partial charge is 0.0914 e. The van der Waals surface area contributed by atoms with Crippen LogP contribution in [0.25, 0.3) is 0 Å². The van der Waals surface area contributed by atoms with Gasteiger partial charge < -0.3 is 0 Å². The molecule has 123 heavy (non-hydrogen) atoms. The summed E-state index contributed by atoms with van der Waals surface area (Å²) >= 11 is 0. The van der Waals surface area contributed by atoms with Crippen LogP contribution in [0.4, 0.5) is 0 Å². The molecule has 0 spiro atoms. The molecule has 0 aliphatic heterocycles. The molecule has 18 rings (SSSR count). The Kier molecular flexibility index (Phi) is 44.9. The number of allylic oxidation sites excluding steroid dienone is 12. The quantitative estimate of drug-likeness (QED) is 0.0719. The van der Waals surface area contributed by atoms with E-state index in [-0.39, 0.29) is 17.1 Å². The number of hydrogen-bond donors (Lipinski definition) is 0. The van der Waals surface area contributed by atoms with Gasteiger partial charge in [-0.25, -0.2) is 0 Å². The molecule has 18 fully saturated rings. The molecule has 18 aliphatic rings. The second kappa shape index (κ2) is 55.8. The normalized spacial score (nSPS) is 39.2. The van der Waals surface area contributed by atoms with Crippen LogP contribution in [0.5, 0.6) is 0 Å². The highest BCUT2D eigenvalue weighted by molar-refractivity contribution is 4.99. The zero-order valence-corrected chi connectivity index (χ0v) is 83.3. The Bertz CT molecular complexity index is 2880. The van der Waals surface area contributed by atoms with Gasteiger partial charge in [-0.05, 0) is 513 Å². The zero-order valence-electron chi connectivity index (χ0n) is 83.3. The highest BCUT2D eigenvalue weighted by atomic mass is 14.5. The van der Waals surface area contributed by atoms with Crippen molar-refractivity contribution in [3.8, 4) is 0 Å². The lowest BCUT2D eigenvalue weighted by Gasteiger charge is -2.39. The molecular weight excluding hydrogens is 1480 g/mol. The van der Waals surface area contributed by atoms with Crippen molar-refractivity contribution >= 4 is 0 Å². The third-order valence-electron chi connectivity index (χ3n) is 40.4. The molecule has 18 saturated carbocycles. The van der Waals surface area contributed by atoms with Crippen molar-refractivity contribution in [2.24, 2.45) is 178 Å². The zero-order chi connectivity index (χ0) is 84.8. The minimum atomic E-state index is 0. The number of rotatable bonds is 27. The summed E-state index contributed by atoms with van der Waals surface area (Å²) in [7, 11) is 0. The molecule has 18 aliphatic carbocycles. The lowest BCUT2D eigenvalue weighted by Crippen LogP contribution is -2.27. The SMILES string of the molecule is C/C=C/C1CCC(CC2CCC(C3CC3)CC2)CC1.C/C=C/C1CCC(CC2CCC(C3CCC3)CC2)CC1.C/C=C/C1CCC(CC2CCC(C3CCCC3)CC2)CC1.CC/C=C/C1CCC(CC2CCC(C3CC3)CC2)CC1.CC/C=C/C1CCC(CC2CCC(C3CCC3)CC2)CC1.CC/C=C/C1CCC(CC2CCC(C3CCCC3)CC2)CC1.[HH].[HH].[HH].[HH].[HH].[HH].[HH].[HH].[HH].[HH].[HH].[HH]. The first kappa shape index (κ1) is 98.9. The fourth-order valence-corrected chi connectivity index (χ4v) is 31.5. The summed E-state index contributed by atoms with van der Waals surface area (Å²) in [5, 5.41) is 0. The summed E-state index contributed by atoms with van der Waals surface area (Å²) < 4.78 is 0. The van der Waals surface area contributed by atoms with Crippen molar-refractivity contribution in [3.63, 3.8) is 0 Å². The maximum absolute atomic E-state index is 2.50. The first-order valence-corrected chi connectivity index (χ1v) is 58.5. The van der Waals surface area contributed by atoms with E-state index >= 15 is 0 Å². The van der Waals surface area contributed by atoms with E-state index in [1.807, 2.05) is 0 Å². The highest BCUT2D eigenvalue weighted by Gasteiger charge is 2.40. The lowest BCUT2D eigenvalue weighted by atomic mass is 9.66. The molecule has 0 aromatic carbocycles. The second-order valence-electron chi connectivity index (χ2n) is 49.0. The van der Waals surface area contributed by atoms with Crippen molar-refractivity contribution in [2.45, 2.75) is 523 Å². The average molecular weight is 1710 g/mol. The minimum Gasteiger partial charge on any atom is -0.0914 e. The predicted octanol–water partition coefficient (Wildman–Crippen LogP) is 42.3. The predicted molar refractivity (Wildman–Crippen MR) is 565 cm³/mol. The van der Waals surface area contributed by atoms with E-state index in [1.165, 1.54) is 212 Å². The standard InChI is InChI=1S/C22H38.2C21H36.2C20H34.C19H32.12H2/c1-2-3-6-18-9-11-19(12-10-18)17-20-13-15-22(16-14-20)21-7-4-5-8-21;1-2-5-17-8-10-18(11-9-17)16-19-12-14-21(15-13-19)20-6-3-4-7-20;1-2-3-5-17-8-10-18(11-9-17)16-19-12-14-21(15-13-19)20-6-4-7-20;1-2-4-16-7-9-17(10-8-16)15-18-11-13-20(14-12-18)19-5-3-6-19;1-2-3-4-16-5-7-17(8-6-16)15-18-9-11-19(12-10-18)20-13-14-20;1-2-3-15-4-6-16(7-5-15)14-17-8-10-18(11-9-17)19-12-13-19;;;;;;;;;;;;/h3,6,18-22H,2,4-5,7-17H2,1H3;2,5,17-21H,3-4,6-16H2,1H3;3,5,17-21H,2,4,6-16H2,1H3;2,4,16-20H,3,5-15H2,1H3;3-4,16-20H,2,5-15H2,1H3;2-3,15-19H,4-14H2,1H3;12*1H/b6-3+;5-2+;5-3+;4-2+;4-3+;3-2+;;;;;;;;;;;;. The van der Waals surface area contributed by atoms with Crippen LogP contribution in [-0.2, 0) is 0 Å². The highest BCUT2D eigenvalue weighted by Crippen LogP contribution is 2.53. The van der Waals surface area contributed by atoms with Gasteiger partial charge in [0.05, 0.1) is 0 Å². The fourth-order valence-electron chi connectivity index (χ4n) is 31.5. The molecule has 0 heterocycles. The Morgan fingerprint density at radius 2 is 0.268 bits per heavy atom. The van der Waals surface area contributed by atoms with Crippen molar-refractivity contribution < 1.29 is 17.1 Å². The Balaban J connectivity index is 0.000000796. The summed E-state index contributed by atoms with van der Waals surface area (Å²) in [5.41, 5.74) is 0. The summed E-state index contributed by atoms with van der Waals surface area (Å²) in [6, 6.07) is 0. The van der Waals surface area contributed by atoms with Crippen molar-refractivity contribution in [1.82, 2.24) is 0 Å². The van der Waals surface area contributed by atoms with Gasteiger partial charge in [-0.2, -0.15) is 0 Å². The maximum Gasteiger partial charge on any atom is 0 e. The first-order chi connectivity index (χ1) is 60.6. The molecule has 0 amide bonds. The molecule has 0 saturated heterocycles. The molecule has 0 atom stereocenters. The van der Waals surface area contributed by atoms with Crippen LogP contribution in [0.3, 0.4) is 0 Å². The molecule has 0 unspecified atom stereocenters. The van der Waals surface area contributed by atoms with E-state index in [1.54, 1.807) is 270 Å². The minimum absolute atomic E-state index is 0. The number of hydrogen-bond acceptors (Lipinski definition) is 0. The Labute approximate surface area is 786 Å². The summed E-state index contributed by atoms with van der Waals surface area (Å²) in [6.45, 7) is 13.3. The Hall–Kier alpha value is -1.56. The van der Waals surface area contributed by atoms with E-state index in [9.17, 15) is 0 Å². The summed E-state index contributed by atoms with van der Waals surface area (Å²) in [4.78, 5) is 0. The van der Waals surface area contributed by atoms with E-state index in [4.69, 9.17) is 0 Å². The van der Waals surface area contributed by atoms with Gasteiger partial charge in [0.15, 0.2) is 0 Å². The first-order valence-electron chi connectivity index (χ1n) is 58.5. The van der Waals surface area contributed by atoms with Crippen molar-refractivity contribution in [3.05, 3.63) is 72.9 Å². The van der Waals surface area contributed by atoms with E-state index in [0.717, 1.165) is 178 Å². The molecule has 0 bridgehead atoms. The third-order valence-corrected chi connectivity index (χ3v) is 40.4. The maximum atomic E-state index is 2.50. The molecule has 0 nitrogen and oxygen atoms in total. The monoisotopic (exact) mass is 1710 g/mol. The average Bonchev–Trinajstić information content (AvgIpc) is 1.82. The molecule has 0 aromatic heterocycles. The lowest BCUT2D eigenvalue weighted by molar-refractivity contribution is 0.124. The van der Waals surface area contributed by atoms with Gasteiger partial charge in [0, 0.05) is 17.1 Å². The van der Waals surface area contributed by atoms with E-state index in [0.29, 0.717) is 0 Å². The molecular formula is C123H234. The van der Waals surface area contributed by atoms with Gasteiger partial charge in [0.2, 0.25) is 0 Å². The molecule has 0 N–H and O–H groups in total. The topological polar surface area (TPSA) is 0 Å². The van der Waals surface area contributed by atoms with Crippen molar-refractivity contribution in [1.29, 1.82) is 0 Å². The summed E-state index contributed by atoms with van der Waals surface area (Å²) in [6.07, 6.45) is 143. The van der Waals surface area contributed by atoms with Gasteiger partial charge in [-0.3, -0.25) is 0 Å². The van der Waals surface area contributed by atoms with Crippen LogP contribution in [0.15, 0.2) is 72.9 Å². The third kappa shape index (κ3) is 35.1. The van der Waals surface area contributed by atoms with Crippen LogP contribution < -0.4 is 0 Å². The molecule has 0 heteroatoms. The molecule has 726 valence electrons. The van der Waals surface area contributed by atoms with Crippen LogP contribution in [-0.4, -0.2) is 0 Å². The van der Waals surface area contributed by atoms with Crippen LogP contribution in [0.1, 0.15) is 540 Å². The summed E-state index contributed by atoms with van der Waals surface area (Å²) in [5.74, 6) is 32.1. The van der Waals surface area contributed by atoms with Crippen LogP contribution >= 0.6 is 0 Å². The van der Waals surface area contributed by atoms with Gasteiger partial charge >= 0.3 is 0 Å². The van der Waals surface area contributed by atoms with Gasteiger partial charge in [0.25, 0.3) is 0 Å². The van der Waals surface area contributed by atoms with E-state index in [2.05, 4.69) is 114 Å². The van der Waals surface area contributed by atoms with Gasteiger partial charge in [-0.15, -0.1) is 0 Å². The second-order valence-corrected chi connectivity index (χ2v) is 49.0. The molecule has 0 radical (unpaired) electrons. The van der Waals surface area contributed by atoms with Gasteiger partial charge in [-0.1, -0.05) is 261 Å². The van der Waals surface area contributed by atoms with Crippen LogP contribution in [0.2, 0.25) is 0 Å². The fraction of sp³-hybridized carbons (Fsp3) is 0.902. The Morgan fingerprint density at radius 1 is 0.146 bits per heavy atom. The Morgan fingerprint density at radius 3 is 0.390 bits per heavy atom. The van der Waals surface area contributed by atoms with E-state index < -0.39 is 0 Å².